The molecule has 21 heavy (non-hydrogen) atoms. The van der Waals surface area contributed by atoms with E-state index in [2.05, 4.69) is 21.1 Å². The lowest BCUT2D eigenvalue weighted by Gasteiger charge is -2.18. The molecule has 112 valence electrons. The van der Waals surface area contributed by atoms with Crippen molar-refractivity contribution in [3.8, 4) is 0 Å². The predicted molar refractivity (Wildman–Crippen MR) is 83.0 cm³/mol. The number of fused-ring (bicyclic) bond motifs is 1. The Morgan fingerprint density at radius 1 is 1.29 bits per heavy atom. The lowest BCUT2D eigenvalue weighted by Crippen LogP contribution is -2.24. The Bertz CT molecular complexity index is 642. The van der Waals surface area contributed by atoms with Crippen molar-refractivity contribution >= 4 is 29.9 Å². The van der Waals surface area contributed by atoms with Crippen LogP contribution in [-0.4, -0.2) is 17.7 Å². The summed E-state index contributed by atoms with van der Waals surface area (Å²) in [6.07, 6.45) is 0.981. The van der Waals surface area contributed by atoms with E-state index in [1.807, 2.05) is 18.2 Å². The first kappa shape index (κ1) is 15.3. The highest BCUT2D eigenvalue weighted by molar-refractivity contribution is 5.99. The van der Waals surface area contributed by atoms with Gasteiger partial charge in [-0.05, 0) is 43.1 Å². The van der Waals surface area contributed by atoms with Gasteiger partial charge in [0.1, 0.15) is 5.76 Å². The highest BCUT2D eigenvalue weighted by atomic mass is 35.5. The number of aromatic nitrogens is 1. The number of nitrogens with zero attached hydrogens (tertiary/aromatic N) is 1. The zero-order valence-corrected chi connectivity index (χ0v) is 12.4. The molecule has 3 rings (SSSR count). The Kier molecular flexibility index (Phi) is 4.82. The Balaban J connectivity index is 0.00000161. The number of hydrogen-bond donors (Lipinski definition) is 3. The van der Waals surface area contributed by atoms with Crippen LogP contribution in [0.4, 0.5) is 16.3 Å². The van der Waals surface area contributed by atoms with Gasteiger partial charge in [-0.2, -0.15) is 0 Å². The maximum atomic E-state index is 11.8. The average molecular weight is 309 g/mol. The molecule has 0 fully saturated rings. The molecule has 7 heteroatoms. The summed E-state index contributed by atoms with van der Waals surface area (Å²) in [5.74, 6) is 1.06. The first-order valence-corrected chi connectivity index (χ1v) is 6.54. The van der Waals surface area contributed by atoms with Crippen LogP contribution in [0.15, 0.2) is 28.8 Å². The van der Waals surface area contributed by atoms with E-state index in [4.69, 9.17) is 4.52 Å². The summed E-state index contributed by atoms with van der Waals surface area (Å²) in [5, 5.41) is 12.5. The van der Waals surface area contributed by atoms with Crippen molar-refractivity contribution < 1.29 is 9.32 Å². The molecule has 1 aliphatic heterocycles. The van der Waals surface area contributed by atoms with Crippen LogP contribution >= 0.6 is 12.4 Å². The first-order chi connectivity index (χ1) is 9.70. The largest absolute Gasteiger partial charge is 0.360 e. The Hall–Kier alpha value is -2.05. The maximum Gasteiger partial charge on any atom is 0.324 e. The second kappa shape index (κ2) is 6.60. The highest BCUT2D eigenvalue weighted by Crippen LogP contribution is 2.19. The third-order valence-electron chi connectivity index (χ3n) is 3.22. The van der Waals surface area contributed by atoms with Gasteiger partial charge in [-0.1, -0.05) is 11.2 Å². The first-order valence-electron chi connectivity index (χ1n) is 6.54. The molecule has 0 saturated heterocycles. The summed E-state index contributed by atoms with van der Waals surface area (Å²) >= 11 is 0. The smallest absolute Gasteiger partial charge is 0.324 e. The molecule has 1 aromatic carbocycles. The molecule has 2 heterocycles. The van der Waals surface area contributed by atoms with E-state index in [1.54, 1.807) is 13.0 Å². The molecule has 2 aromatic rings. The lowest BCUT2D eigenvalue weighted by atomic mass is 10.0. The minimum absolute atomic E-state index is 0. The van der Waals surface area contributed by atoms with Crippen LogP contribution in [0, 0.1) is 6.92 Å². The molecule has 0 spiro atoms. The van der Waals surface area contributed by atoms with Crippen LogP contribution in [0.2, 0.25) is 0 Å². The molecule has 0 atom stereocenters. The summed E-state index contributed by atoms with van der Waals surface area (Å²) in [5.41, 5.74) is 3.34. The molecule has 1 aromatic heterocycles. The van der Waals surface area contributed by atoms with Gasteiger partial charge in [0.25, 0.3) is 0 Å². The van der Waals surface area contributed by atoms with Crippen LogP contribution in [-0.2, 0) is 13.0 Å². The fourth-order valence-electron chi connectivity index (χ4n) is 2.26. The molecule has 6 nitrogen and oxygen atoms in total. The van der Waals surface area contributed by atoms with E-state index < -0.39 is 0 Å². The van der Waals surface area contributed by atoms with E-state index >= 15 is 0 Å². The molecular formula is C14H17ClN4O2. The lowest BCUT2D eigenvalue weighted by molar-refractivity contribution is 0.262. The molecule has 1 aliphatic rings. The third-order valence-corrected chi connectivity index (χ3v) is 3.22. The number of carbonyl (C=O) groups is 1. The van der Waals surface area contributed by atoms with Gasteiger partial charge >= 0.3 is 6.03 Å². The van der Waals surface area contributed by atoms with Crippen LogP contribution in [0.5, 0.6) is 0 Å². The number of halogens is 1. The fraction of sp³-hybridized carbons (Fsp3) is 0.286. The predicted octanol–water partition coefficient (Wildman–Crippen LogP) is 2.69. The molecule has 0 bridgehead atoms. The number of aryl methyl sites for hydroxylation is 1. The quantitative estimate of drug-likeness (QED) is 0.797. The standard InChI is InChI=1S/C14H16N4O2.ClH/c1-9-6-13(18-20-9)17-14(19)16-12-3-2-11-8-15-5-4-10(11)7-12;/h2-3,6-7,15H,4-5,8H2,1H3,(H2,16,17,18,19);1H. The monoisotopic (exact) mass is 308 g/mol. The van der Waals surface area contributed by atoms with Crippen LogP contribution in [0.3, 0.4) is 0 Å². The number of nitrogens with one attached hydrogen (secondary N) is 3. The van der Waals surface area contributed by atoms with Gasteiger partial charge in [-0.15, -0.1) is 12.4 Å². The molecule has 0 aliphatic carbocycles. The van der Waals surface area contributed by atoms with Gasteiger partial charge in [0.05, 0.1) is 0 Å². The third kappa shape index (κ3) is 3.74. The van der Waals surface area contributed by atoms with Gasteiger partial charge in [0, 0.05) is 18.3 Å². The van der Waals surface area contributed by atoms with Crippen molar-refractivity contribution in [3.05, 3.63) is 41.2 Å². The zero-order chi connectivity index (χ0) is 13.9. The van der Waals surface area contributed by atoms with Crippen molar-refractivity contribution in [2.45, 2.75) is 19.9 Å². The molecule has 2 amide bonds. The van der Waals surface area contributed by atoms with Gasteiger partial charge in [0.2, 0.25) is 0 Å². The Labute approximate surface area is 128 Å². The SMILES string of the molecule is Cc1cc(NC(=O)Nc2ccc3c(c2)CCNC3)no1.Cl. The summed E-state index contributed by atoms with van der Waals surface area (Å²) < 4.78 is 4.89. The summed E-state index contributed by atoms with van der Waals surface area (Å²) in [6.45, 7) is 3.63. The fourth-order valence-corrected chi connectivity index (χ4v) is 2.26. The van der Waals surface area contributed by atoms with E-state index in [9.17, 15) is 4.79 Å². The number of carbonyl (C=O) groups excluding carboxylic acids is 1. The number of rotatable bonds is 2. The minimum atomic E-state index is -0.327. The van der Waals surface area contributed by atoms with Gasteiger partial charge in [-0.3, -0.25) is 5.32 Å². The molecule has 3 N–H and O–H groups in total. The molecule has 0 saturated carbocycles. The minimum Gasteiger partial charge on any atom is -0.360 e. The van der Waals surface area contributed by atoms with Crippen molar-refractivity contribution in [2.24, 2.45) is 0 Å². The second-order valence-corrected chi connectivity index (χ2v) is 4.81. The molecule has 0 radical (unpaired) electrons. The Morgan fingerprint density at radius 2 is 2.14 bits per heavy atom. The normalized spacial score (nSPS) is 13.0. The van der Waals surface area contributed by atoms with E-state index in [-0.39, 0.29) is 18.4 Å². The average Bonchev–Trinajstić information content (AvgIpc) is 2.83. The van der Waals surface area contributed by atoms with Crippen molar-refractivity contribution in [3.63, 3.8) is 0 Å². The van der Waals surface area contributed by atoms with Crippen molar-refractivity contribution in [1.82, 2.24) is 10.5 Å². The number of amides is 2. The maximum absolute atomic E-state index is 11.8. The van der Waals surface area contributed by atoms with Crippen LogP contribution in [0.1, 0.15) is 16.9 Å². The number of benzene rings is 1. The van der Waals surface area contributed by atoms with Crippen LogP contribution < -0.4 is 16.0 Å². The second-order valence-electron chi connectivity index (χ2n) is 4.81. The van der Waals surface area contributed by atoms with Crippen molar-refractivity contribution in [1.29, 1.82) is 0 Å². The number of anilines is 2. The van der Waals surface area contributed by atoms with E-state index in [0.717, 1.165) is 25.2 Å². The zero-order valence-electron chi connectivity index (χ0n) is 11.6. The topological polar surface area (TPSA) is 79.2 Å². The van der Waals surface area contributed by atoms with Crippen molar-refractivity contribution in [2.75, 3.05) is 17.2 Å². The summed E-state index contributed by atoms with van der Waals surface area (Å²) in [6, 6.07) is 7.30. The number of hydrogen-bond acceptors (Lipinski definition) is 4. The van der Waals surface area contributed by atoms with Gasteiger partial charge in [0.15, 0.2) is 5.82 Å². The van der Waals surface area contributed by atoms with E-state index in [1.165, 1.54) is 11.1 Å². The summed E-state index contributed by atoms with van der Waals surface area (Å²) in [4.78, 5) is 11.8. The van der Waals surface area contributed by atoms with Gasteiger partial charge < -0.3 is 15.2 Å². The molecular weight excluding hydrogens is 292 g/mol. The van der Waals surface area contributed by atoms with E-state index in [0.29, 0.717) is 11.6 Å². The highest BCUT2D eigenvalue weighted by Gasteiger charge is 2.11. The molecule has 0 unspecified atom stereocenters. The van der Waals surface area contributed by atoms with Gasteiger partial charge in [-0.25, -0.2) is 4.79 Å². The summed E-state index contributed by atoms with van der Waals surface area (Å²) in [7, 11) is 0. The number of urea groups is 1. The Morgan fingerprint density at radius 3 is 2.90 bits per heavy atom. The van der Waals surface area contributed by atoms with Crippen LogP contribution in [0.25, 0.3) is 0 Å².